The molecule has 0 aliphatic carbocycles. The monoisotopic (exact) mass is 448 g/mol. The molecule has 0 fully saturated rings. The van der Waals surface area contributed by atoms with Gasteiger partial charge in [-0.15, -0.1) is 0 Å². The van der Waals surface area contributed by atoms with Gasteiger partial charge < -0.3 is 0 Å². The predicted octanol–water partition coefficient (Wildman–Crippen LogP) is 4.29. The molecule has 162 valence electrons. The van der Waals surface area contributed by atoms with E-state index in [0.29, 0.717) is 11.2 Å². The van der Waals surface area contributed by atoms with Crippen molar-refractivity contribution in [3.8, 4) is 0 Å². The summed E-state index contributed by atoms with van der Waals surface area (Å²) in [5.74, 6) is -0.184. The highest BCUT2D eigenvalue weighted by Crippen LogP contribution is 2.33. The van der Waals surface area contributed by atoms with E-state index in [4.69, 9.17) is 0 Å². The van der Waals surface area contributed by atoms with E-state index >= 15 is 0 Å². The zero-order valence-corrected chi connectivity index (χ0v) is 19.5. The molecule has 1 aromatic heterocycles. The fourth-order valence-corrected chi connectivity index (χ4v) is 5.88. The van der Waals surface area contributed by atoms with Gasteiger partial charge in [0, 0.05) is 5.39 Å². The van der Waals surface area contributed by atoms with Gasteiger partial charge in [0.1, 0.15) is 0 Å². The highest BCUT2D eigenvalue weighted by atomic mass is 32.2. The number of hydrogen-bond donors (Lipinski definition) is 1. The van der Waals surface area contributed by atoms with Gasteiger partial charge in [0.25, 0.3) is 10.0 Å². The molecule has 0 unspecified atom stereocenters. The molecule has 3 rings (SSSR count). The third-order valence-corrected chi connectivity index (χ3v) is 8.98. The van der Waals surface area contributed by atoms with Crippen molar-refractivity contribution in [2.24, 2.45) is 5.92 Å². The molecule has 2 aromatic carbocycles. The second-order valence-electron chi connectivity index (χ2n) is 8.67. The maximum atomic E-state index is 13.6. The molecule has 0 aliphatic rings. The van der Waals surface area contributed by atoms with Gasteiger partial charge in [0.05, 0.1) is 26.9 Å². The summed E-state index contributed by atoms with van der Waals surface area (Å²) in [5.41, 5.74) is 0.903. The van der Waals surface area contributed by atoms with Crippen LogP contribution in [-0.4, -0.2) is 25.6 Å². The molecule has 0 bridgehead atoms. The summed E-state index contributed by atoms with van der Waals surface area (Å²) in [4.78, 5) is 0.147. The van der Waals surface area contributed by atoms with Crippen molar-refractivity contribution >= 4 is 30.9 Å². The first-order valence-corrected chi connectivity index (χ1v) is 12.7. The molecule has 30 heavy (non-hydrogen) atoms. The van der Waals surface area contributed by atoms with E-state index in [-0.39, 0.29) is 10.8 Å². The Labute approximate surface area is 179 Å². The van der Waals surface area contributed by atoms with Crippen LogP contribution in [0.1, 0.15) is 46.4 Å². The Morgan fingerprint density at radius 1 is 0.867 bits per heavy atom. The van der Waals surface area contributed by atoms with Gasteiger partial charge in [-0.25, -0.2) is 25.5 Å². The number of aromatic nitrogens is 1. The number of fused-ring (bicyclic) bond motifs is 1. The maximum absolute atomic E-state index is 13.6. The molecule has 1 atom stereocenters. The lowest BCUT2D eigenvalue weighted by Crippen LogP contribution is -2.43. The summed E-state index contributed by atoms with van der Waals surface area (Å²) < 4.78 is 56.0. The topological polar surface area (TPSA) is 85.2 Å². The molecule has 0 saturated heterocycles. The number of sulfonamides is 1. The average molecular weight is 449 g/mol. The van der Waals surface area contributed by atoms with Crippen LogP contribution in [0.25, 0.3) is 10.9 Å². The van der Waals surface area contributed by atoms with Gasteiger partial charge in [-0.2, -0.15) is 0 Å². The molecule has 0 amide bonds. The second-order valence-corrected chi connectivity index (χ2v) is 12.9. The summed E-state index contributed by atoms with van der Waals surface area (Å²) >= 11 is 0. The smallest absolute Gasteiger partial charge is 0.236 e. The van der Waals surface area contributed by atoms with Crippen LogP contribution < -0.4 is 4.72 Å². The zero-order valence-electron chi connectivity index (χ0n) is 17.8. The largest absolute Gasteiger partial charge is 0.268 e. The summed E-state index contributed by atoms with van der Waals surface area (Å²) in [5, 5.41) is 0.729. The van der Waals surface area contributed by atoms with Crippen LogP contribution in [0.3, 0.4) is 0 Å². The first-order chi connectivity index (χ1) is 13.9. The molecule has 6 nitrogen and oxygen atoms in total. The van der Waals surface area contributed by atoms with Crippen molar-refractivity contribution in [2.45, 2.75) is 50.3 Å². The van der Waals surface area contributed by atoms with E-state index in [1.165, 1.54) is 16.1 Å². The van der Waals surface area contributed by atoms with Crippen molar-refractivity contribution in [3.05, 3.63) is 66.4 Å². The molecule has 0 aliphatic heterocycles. The van der Waals surface area contributed by atoms with Crippen molar-refractivity contribution < 1.29 is 16.8 Å². The molecule has 3 aromatic rings. The molecule has 0 radical (unpaired) electrons. The Morgan fingerprint density at radius 3 is 2.00 bits per heavy atom. The summed E-state index contributed by atoms with van der Waals surface area (Å²) in [7, 11) is -7.65. The number of para-hydroxylation sites is 1. The maximum Gasteiger partial charge on any atom is 0.268 e. The first kappa shape index (κ1) is 22.5. The highest BCUT2D eigenvalue weighted by molar-refractivity contribution is 7.91. The first-order valence-electron chi connectivity index (χ1n) is 9.79. The number of benzene rings is 2. The van der Waals surface area contributed by atoms with Crippen LogP contribution in [0.5, 0.6) is 0 Å². The van der Waals surface area contributed by atoms with Gasteiger partial charge >= 0.3 is 0 Å². The summed E-state index contributed by atoms with van der Waals surface area (Å²) in [6.07, 6.45) is 0. The second kappa shape index (κ2) is 7.83. The van der Waals surface area contributed by atoms with E-state index in [1.807, 2.05) is 26.0 Å². The van der Waals surface area contributed by atoms with Gasteiger partial charge in [-0.3, -0.25) is 0 Å². The lowest BCUT2D eigenvalue weighted by Gasteiger charge is -2.28. The van der Waals surface area contributed by atoms with Crippen LogP contribution in [0.4, 0.5) is 0 Å². The molecule has 1 heterocycles. The number of hydrogen-bond acceptors (Lipinski definition) is 4. The molecular formula is C22H28N2O4S2. The molecule has 0 spiro atoms. The van der Waals surface area contributed by atoms with Crippen LogP contribution in [-0.2, 0) is 20.0 Å². The molecular weight excluding hydrogens is 420 g/mol. The molecule has 1 N–H and O–H groups in total. The Hall–Kier alpha value is -2.16. The van der Waals surface area contributed by atoms with Crippen LogP contribution in [0.15, 0.2) is 65.6 Å². The molecule has 8 heteroatoms. The van der Waals surface area contributed by atoms with Crippen molar-refractivity contribution in [1.29, 1.82) is 0 Å². The minimum Gasteiger partial charge on any atom is -0.236 e. The minimum atomic E-state index is -3.94. The summed E-state index contributed by atoms with van der Waals surface area (Å²) in [6, 6.07) is 16.4. The Kier molecular flexibility index (Phi) is 5.88. The third kappa shape index (κ3) is 4.04. The van der Waals surface area contributed by atoms with E-state index in [1.54, 1.807) is 57.2 Å². The van der Waals surface area contributed by atoms with Gasteiger partial charge in [0.2, 0.25) is 10.0 Å². The number of rotatable bonds is 6. The fraction of sp³-hybridized carbons (Fsp3) is 0.364. The molecule has 0 saturated carbocycles. The van der Waals surface area contributed by atoms with Crippen LogP contribution in [0.2, 0.25) is 0 Å². The van der Waals surface area contributed by atoms with Crippen LogP contribution >= 0.6 is 0 Å². The average Bonchev–Trinajstić information content (AvgIpc) is 3.05. The van der Waals surface area contributed by atoms with Crippen molar-refractivity contribution in [2.75, 3.05) is 0 Å². The Morgan fingerprint density at radius 2 is 1.43 bits per heavy atom. The number of nitrogens with zero attached hydrogens (tertiary/aromatic N) is 1. The fourth-order valence-electron chi connectivity index (χ4n) is 3.22. The lowest BCUT2D eigenvalue weighted by molar-refractivity contribution is 0.442. The Balaban J connectivity index is 2.29. The van der Waals surface area contributed by atoms with E-state index < -0.39 is 30.8 Å². The number of nitrogens with one attached hydrogen (secondary N) is 1. The quantitative estimate of drug-likeness (QED) is 0.609. The zero-order chi connectivity index (χ0) is 22.3. The van der Waals surface area contributed by atoms with Gasteiger partial charge in [-0.1, -0.05) is 50.2 Å². The Bertz CT molecular complexity index is 1250. The summed E-state index contributed by atoms with van der Waals surface area (Å²) in [6.45, 7) is 8.58. The highest BCUT2D eigenvalue weighted by Gasteiger charge is 2.36. The van der Waals surface area contributed by atoms with E-state index in [9.17, 15) is 16.8 Å². The normalized spacial score (nSPS) is 14.3. The van der Waals surface area contributed by atoms with E-state index in [2.05, 4.69) is 4.72 Å². The van der Waals surface area contributed by atoms with Gasteiger partial charge in [-0.05, 0) is 51.0 Å². The minimum absolute atomic E-state index is 0.147. The lowest BCUT2D eigenvalue weighted by atomic mass is 10.0. The third-order valence-electron chi connectivity index (χ3n) is 5.05. The van der Waals surface area contributed by atoms with Crippen molar-refractivity contribution in [3.63, 3.8) is 0 Å². The van der Waals surface area contributed by atoms with Gasteiger partial charge in [0.15, 0.2) is 0 Å². The standard InChI is InChI=1S/C22H28N2O4S2/c1-16(2)21(23-30(27,28)22(3,4)5)20-15-17-11-9-10-14-19(17)24(20)29(25,26)18-12-7-6-8-13-18/h6-16,21,23H,1-5H3/t21-/m0/s1. The van der Waals surface area contributed by atoms with E-state index in [0.717, 1.165) is 5.39 Å². The van der Waals surface area contributed by atoms with Crippen LogP contribution in [0, 0.1) is 5.92 Å². The SMILES string of the molecule is CC(C)[C@H](NS(=O)(=O)C(C)(C)C)c1cc2ccccc2n1S(=O)(=O)c1ccccc1. The predicted molar refractivity (Wildman–Crippen MR) is 120 cm³/mol. The van der Waals surface area contributed by atoms with Crippen molar-refractivity contribution in [1.82, 2.24) is 8.69 Å².